The number of halogens is 1. The van der Waals surface area contributed by atoms with Crippen LogP contribution in [0.5, 0.6) is 0 Å². The minimum Gasteiger partial charge on any atom is -0.352 e. The Labute approximate surface area is 155 Å². The number of nitrogens with zero attached hydrogens (tertiary/aromatic N) is 1. The van der Waals surface area contributed by atoms with E-state index >= 15 is 0 Å². The molecule has 5 nitrogen and oxygen atoms in total. The van der Waals surface area contributed by atoms with Gasteiger partial charge in [0.15, 0.2) is 0 Å². The number of anilines is 1. The molecule has 0 unspecified atom stereocenters. The van der Waals surface area contributed by atoms with Crippen molar-refractivity contribution in [2.24, 2.45) is 11.8 Å². The van der Waals surface area contributed by atoms with Crippen LogP contribution >= 0.6 is 0 Å². The molecule has 1 aliphatic carbocycles. The van der Waals surface area contributed by atoms with Gasteiger partial charge in [0.25, 0.3) is 0 Å². The molecule has 2 amide bonds. The van der Waals surface area contributed by atoms with Crippen molar-refractivity contribution in [2.45, 2.75) is 52.1 Å². The number of likely N-dealkylation sites (N-methyl/N-ethyl adjacent to an activating group) is 1. The molecule has 1 aliphatic rings. The van der Waals surface area contributed by atoms with Gasteiger partial charge >= 0.3 is 0 Å². The van der Waals surface area contributed by atoms with Gasteiger partial charge < -0.3 is 10.6 Å². The van der Waals surface area contributed by atoms with Crippen LogP contribution in [0.3, 0.4) is 0 Å². The smallest absolute Gasteiger partial charge is 0.238 e. The maximum absolute atomic E-state index is 13.2. The third-order valence-corrected chi connectivity index (χ3v) is 5.58. The third-order valence-electron chi connectivity index (χ3n) is 5.58. The zero-order chi connectivity index (χ0) is 19.3. The van der Waals surface area contributed by atoms with E-state index in [1.807, 2.05) is 0 Å². The van der Waals surface area contributed by atoms with Gasteiger partial charge in [-0.15, -0.1) is 0 Å². The second-order valence-corrected chi connectivity index (χ2v) is 7.53. The van der Waals surface area contributed by atoms with Crippen LogP contribution in [0, 0.1) is 17.7 Å². The van der Waals surface area contributed by atoms with E-state index in [2.05, 4.69) is 24.5 Å². The van der Waals surface area contributed by atoms with Crippen LogP contribution in [0.25, 0.3) is 0 Å². The Morgan fingerprint density at radius 2 is 2.04 bits per heavy atom. The first kappa shape index (κ1) is 20.4. The molecule has 1 aromatic rings. The molecule has 0 heterocycles. The molecule has 6 heteroatoms. The predicted molar refractivity (Wildman–Crippen MR) is 101 cm³/mol. The molecule has 1 aromatic carbocycles. The molecule has 2 N–H and O–H groups in total. The SMILES string of the molecule is C[C@H]1[C@@H](NC(=O)[C@@H](C)N(C)CC(=O)Nc2cccc(F)c2)CCC[C@@H]1C. The normalized spacial score (nSPS) is 24.2. The van der Waals surface area contributed by atoms with Crippen LogP contribution in [-0.4, -0.2) is 42.4 Å². The highest BCUT2D eigenvalue weighted by Gasteiger charge is 2.30. The molecule has 0 aromatic heterocycles. The molecule has 0 saturated heterocycles. The minimum atomic E-state index is -0.419. The van der Waals surface area contributed by atoms with Crippen molar-refractivity contribution in [1.29, 1.82) is 0 Å². The van der Waals surface area contributed by atoms with E-state index in [9.17, 15) is 14.0 Å². The monoisotopic (exact) mass is 363 g/mol. The summed E-state index contributed by atoms with van der Waals surface area (Å²) in [5, 5.41) is 5.80. The van der Waals surface area contributed by atoms with Crippen molar-refractivity contribution in [3.63, 3.8) is 0 Å². The number of nitrogens with one attached hydrogen (secondary N) is 2. The molecular formula is C20H30FN3O2. The Morgan fingerprint density at radius 3 is 2.73 bits per heavy atom. The largest absolute Gasteiger partial charge is 0.352 e. The zero-order valence-electron chi connectivity index (χ0n) is 16.1. The zero-order valence-corrected chi connectivity index (χ0v) is 16.1. The number of carbonyl (C=O) groups is 2. The van der Waals surface area contributed by atoms with Crippen molar-refractivity contribution in [3.8, 4) is 0 Å². The van der Waals surface area contributed by atoms with E-state index in [4.69, 9.17) is 0 Å². The number of amides is 2. The summed E-state index contributed by atoms with van der Waals surface area (Å²) in [7, 11) is 1.74. The molecule has 0 bridgehead atoms. The fraction of sp³-hybridized carbons (Fsp3) is 0.600. The highest BCUT2D eigenvalue weighted by atomic mass is 19.1. The van der Waals surface area contributed by atoms with Gasteiger partial charge in [-0.2, -0.15) is 0 Å². The maximum Gasteiger partial charge on any atom is 0.238 e. The number of carbonyl (C=O) groups excluding carboxylic acids is 2. The number of hydrogen-bond donors (Lipinski definition) is 2. The van der Waals surface area contributed by atoms with Crippen molar-refractivity contribution < 1.29 is 14.0 Å². The summed E-state index contributed by atoms with van der Waals surface area (Å²) >= 11 is 0. The number of hydrogen-bond acceptors (Lipinski definition) is 3. The average Bonchev–Trinajstić information content (AvgIpc) is 2.58. The summed E-state index contributed by atoms with van der Waals surface area (Å²) < 4.78 is 13.2. The Balaban J connectivity index is 1.84. The second kappa shape index (κ2) is 9.12. The van der Waals surface area contributed by atoms with Gasteiger partial charge in [0, 0.05) is 11.7 Å². The van der Waals surface area contributed by atoms with Crippen molar-refractivity contribution in [2.75, 3.05) is 18.9 Å². The Kier molecular flexibility index (Phi) is 7.14. The maximum atomic E-state index is 13.2. The van der Waals surface area contributed by atoms with E-state index < -0.39 is 11.9 Å². The van der Waals surface area contributed by atoms with Crippen LogP contribution in [-0.2, 0) is 9.59 Å². The van der Waals surface area contributed by atoms with Crippen LogP contribution in [0.1, 0.15) is 40.0 Å². The lowest BCUT2D eigenvalue weighted by Gasteiger charge is -2.36. The lowest BCUT2D eigenvalue weighted by Crippen LogP contribution is -2.51. The lowest BCUT2D eigenvalue weighted by molar-refractivity contribution is -0.127. The molecule has 1 fully saturated rings. The second-order valence-electron chi connectivity index (χ2n) is 7.53. The summed E-state index contributed by atoms with van der Waals surface area (Å²) in [5.41, 5.74) is 0.408. The van der Waals surface area contributed by atoms with Gasteiger partial charge in [-0.3, -0.25) is 14.5 Å². The summed E-state index contributed by atoms with van der Waals surface area (Å²) in [6.45, 7) is 6.27. The fourth-order valence-corrected chi connectivity index (χ4v) is 3.42. The van der Waals surface area contributed by atoms with E-state index in [1.54, 1.807) is 24.9 Å². The summed E-state index contributed by atoms with van der Waals surface area (Å²) in [4.78, 5) is 26.4. The van der Waals surface area contributed by atoms with Crippen LogP contribution < -0.4 is 10.6 Å². The molecule has 4 atom stereocenters. The van der Waals surface area contributed by atoms with Gasteiger partial charge in [0.2, 0.25) is 11.8 Å². The van der Waals surface area contributed by atoms with Crippen molar-refractivity contribution in [1.82, 2.24) is 10.2 Å². The van der Waals surface area contributed by atoms with E-state index in [0.717, 1.165) is 12.8 Å². The van der Waals surface area contributed by atoms with Crippen LogP contribution in [0.15, 0.2) is 24.3 Å². The first-order valence-corrected chi connectivity index (χ1v) is 9.34. The lowest BCUT2D eigenvalue weighted by atomic mass is 9.78. The van der Waals surface area contributed by atoms with Crippen molar-refractivity contribution >= 4 is 17.5 Å². The van der Waals surface area contributed by atoms with Gasteiger partial charge in [-0.1, -0.05) is 32.8 Å². The number of rotatable bonds is 6. The van der Waals surface area contributed by atoms with Gasteiger partial charge in [0.05, 0.1) is 12.6 Å². The molecule has 1 saturated carbocycles. The highest BCUT2D eigenvalue weighted by Crippen LogP contribution is 2.29. The van der Waals surface area contributed by atoms with Crippen molar-refractivity contribution in [3.05, 3.63) is 30.1 Å². The molecule has 0 aliphatic heterocycles. The molecule has 0 radical (unpaired) electrons. The predicted octanol–water partition coefficient (Wildman–Crippen LogP) is 3.03. The summed E-state index contributed by atoms with van der Waals surface area (Å²) in [6, 6.07) is 5.53. The highest BCUT2D eigenvalue weighted by molar-refractivity contribution is 5.92. The molecule has 0 spiro atoms. The van der Waals surface area contributed by atoms with E-state index in [-0.39, 0.29) is 24.4 Å². The first-order valence-electron chi connectivity index (χ1n) is 9.34. The minimum absolute atomic E-state index is 0.0573. The van der Waals surface area contributed by atoms with Gasteiger partial charge in [-0.25, -0.2) is 4.39 Å². The third kappa shape index (κ3) is 5.53. The van der Waals surface area contributed by atoms with E-state index in [0.29, 0.717) is 17.5 Å². The fourth-order valence-electron chi connectivity index (χ4n) is 3.42. The standard InChI is InChI=1S/C20H30FN3O2/c1-13-7-5-10-18(14(13)2)23-20(26)15(3)24(4)12-19(25)22-17-9-6-8-16(21)11-17/h6,8-9,11,13-15,18H,5,7,10,12H2,1-4H3,(H,22,25)(H,23,26)/t13-,14+,15+,18-/m0/s1. The Bertz CT molecular complexity index is 637. The van der Waals surface area contributed by atoms with Gasteiger partial charge in [-0.05, 0) is 50.4 Å². The van der Waals surface area contributed by atoms with Gasteiger partial charge in [0.1, 0.15) is 5.82 Å². The molecule has 26 heavy (non-hydrogen) atoms. The Morgan fingerprint density at radius 1 is 1.31 bits per heavy atom. The average molecular weight is 363 g/mol. The van der Waals surface area contributed by atoms with Crippen LogP contribution in [0.2, 0.25) is 0 Å². The van der Waals surface area contributed by atoms with Crippen LogP contribution in [0.4, 0.5) is 10.1 Å². The quantitative estimate of drug-likeness (QED) is 0.817. The first-order chi connectivity index (χ1) is 12.3. The summed E-state index contributed by atoms with van der Waals surface area (Å²) in [6.07, 6.45) is 3.35. The number of benzene rings is 1. The topological polar surface area (TPSA) is 61.4 Å². The molecular weight excluding hydrogens is 333 g/mol. The summed E-state index contributed by atoms with van der Waals surface area (Å²) in [5.74, 6) is 0.328. The molecule has 144 valence electrons. The Hall–Kier alpha value is -1.95. The van der Waals surface area contributed by atoms with E-state index in [1.165, 1.54) is 24.6 Å². The molecule has 2 rings (SSSR count).